The van der Waals surface area contributed by atoms with Crippen molar-refractivity contribution >= 4 is 22.8 Å². The molecule has 1 saturated heterocycles. The molecule has 1 saturated carbocycles. The minimum absolute atomic E-state index is 0.00417. The Morgan fingerprint density at radius 2 is 2.17 bits per heavy atom. The number of fused-ring (bicyclic) bond motifs is 1. The third-order valence-electron chi connectivity index (χ3n) is 5.51. The second kappa shape index (κ2) is 6.90. The van der Waals surface area contributed by atoms with Gasteiger partial charge in [0, 0.05) is 6.08 Å². The number of nitrogen functional groups attached to an aromatic ring is 1. The molecule has 1 aliphatic heterocycles. The van der Waals surface area contributed by atoms with E-state index in [2.05, 4.69) is 9.97 Å². The lowest BCUT2D eigenvalue weighted by Crippen LogP contribution is -2.43. The zero-order valence-electron chi connectivity index (χ0n) is 15.2. The number of hydrogen-bond donors (Lipinski definition) is 5. The first-order valence-electron chi connectivity index (χ1n) is 9.03. The molecule has 0 amide bonds. The number of anilines is 1. The molecule has 0 aromatic carbocycles. The van der Waals surface area contributed by atoms with Crippen molar-refractivity contribution in [3.8, 4) is 6.07 Å². The van der Waals surface area contributed by atoms with Crippen LogP contribution in [0.4, 0.5) is 5.95 Å². The predicted molar refractivity (Wildman–Crippen MR) is 97.9 cm³/mol. The highest BCUT2D eigenvalue weighted by Crippen LogP contribution is 2.40. The normalized spacial score (nSPS) is 29.0. The summed E-state index contributed by atoms with van der Waals surface area (Å²) >= 11 is 0. The Morgan fingerprint density at radius 3 is 2.72 bits per heavy atom. The highest BCUT2D eigenvalue weighted by Gasteiger charge is 2.44. The fourth-order valence-corrected chi connectivity index (χ4v) is 3.75. The first-order chi connectivity index (χ1) is 13.8. The Bertz CT molecular complexity index is 1080. The van der Waals surface area contributed by atoms with E-state index >= 15 is 0 Å². The van der Waals surface area contributed by atoms with Gasteiger partial charge in [0.2, 0.25) is 5.95 Å². The zero-order chi connectivity index (χ0) is 20.9. The van der Waals surface area contributed by atoms with Gasteiger partial charge in [-0.3, -0.25) is 9.36 Å². The van der Waals surface area contributed by atoms with E-state index in [1.54, 1.807) is 0 Å². The van der Waals surface area contributed by atoms with Gasteiger partial charge in [0.15, 0.2) is 17.4 Å². The van der Waals surface area contributed by atoms with Crippen LogP contribution in [0, 0.1) is 11.3 Å². The van der Waals surface area contributed by atoms with Crippen LogP contribution in [0.15, 0.2) is 17.2 Å². The summed E-state index contributed by atoms with van der Waals surface area (Å²) in [7, 11) is 0. The number of imidazole rings is 1. The molecule has 3 heterocycles. The highest BCUT2D eigenvalue weighted by atomic mass is 16.6. The number of allylic oxidation sites excluding steroid dienone is 1. The molecule has 2 aromatic rings. The van der Waals surface area contributed by atoms with Crippen LogP contribution in [0.3, 0.4) is 0 Å². The number of aromatic nitrogens is 4. The first-order valence-corrected chi connectivity index (χ1v) is 9.03. The first kappa shape index (κ1) is 19.5. The number of aliphatic hydroxyl groups is 4. The lowest BCUT2D eigenvalue weighted by molar-refractivity contribution is -0.0511. The quantitative estimate of drug-likeness (QED) is 0.358. The summed E-state index contributed by atoms with van der Waals surface area (Å²) in [5.41, 5.74) is 3.85. The van der Waals surface area contributed by atoms with Gasteiger partial charge in [0.25, 0.3) is 5.56 Å². The van der Waals surface area contributed by atoms with E-state index in [1.807, 2.05) is 6.07 Å². The third-order valence-corrected chi connectivity index (χ3v) is 5.51. The van der Waals surface area contributed by atoms with Gasteiger partial charge in [-0.2, -0.15) is 10.2 Å². The van der Waals surface area contributed by atoms with Crippen molar-refractivity contribution in [1.29, 1.82) is 5.26 Å². The standard InChI is InChI=1S/C17H20N6O6/c18-5-2-9(17(28)3-1-4-17)23-14(27)10-13(21-16(23)19)22(7-20-10)15-12(26)11(25)8(6-24)29-15/h2,7-8,11-12,15,24-26,28H,1,3-4,6H2,(H2,19,21)/b9-2+/t8-,11-,12-,15-/m1/s1. The number of nitriles is 1. The van der Waals surface area contributed by atoms with Crippen molar-refractivity contribution < 1.29 is 25.2 Å². The van der Waals surface area contributed by atoms with Gasteiger partial charge < -0.3 is 30.9 Å². The van der Waals surface area contributed by atoms with Crippen LogP contribution in [0.5, 0.6) is 0 Å². The third kappa shape index (κ3) is 2.83. The van der Waals surface area contributed by atoms with Gasteiger partial charge in [0.1, 0.15) is 23.9 Å². The minimum Gasteiger partial charge on any atom is -0.394 e. The summed E-state index contributed by atoms with van der Waals surface area (Å²) in [5.74, 6) is -0.280. The van der Waals surface area contributed by atoms with Crippen molar-refractivity contribution in [2.75, 3.05) is 12.3 Å². The van der Waals surface area contributed by atoms with Crippen molar-refractivity contribution in [2.45, 2.75) is 49.4 Å². The number of rotatable bonds is 4. The molecule has 4 atom stereocenters. The van der Waals surface area contributed by atoms with Crippen molar-refractivity contribution in [2.24, 2.45) is 0 Å². The van der Waals surface area contributed by atoms with E-state index < -0.39 is 42.3 Å². The van der Waals surface area contributed by atoms with Gasteiger partial charge in [-0.15, -0.1) is 0 Å². The van der Waals surface area contributed by atoms with Crippen LogP contribution >= 0.6 is 0 Å². The lowest BCUT2D eigenvalue weighted by atomic mass is 9.77. The minimum atomic E-state index is -1.39. The highest BCUT2D eigenvalue weighted by molar-refractivity contribution is 5.74. The molecule has 2 fully saturated rings. The average Bonchev–Trinajstić information content (AvgIpc) is 3.20. The maximum atomic E-state index is 13.1. The van der Waals surface area contributed by atoms with Crippen molar-refractivity contribution in [1.82, 2.24) is 19.1 Å². The molecular weight excluding hydrogens is 384 g/mol. The maximum absolute atomic E-state index is 13.1. The van der Waals surface area contributed by atoms with Gasteiger partial charge >= 0.3 is 0 Å². The Kier molecular flexibility index (Phi) is 4.64. The largest absolute Gasteiger partial charge is 0.394 e. The summed E-state index contributed by atoms with van der Waals surface area (Å²) in [5, 5.41) is 49.2. The van der Waals surface area contributed by atoms with E-state index in [0.29, 0.717) is 12.8 Å². The smallest absolute Gasteiger partial charge is 0.287 e. The van der Waals surface area contributed by atoms with Gasteiger partial charge in [0.05, 0.1) is 24.7 Å². The molecule has 12 nitrogen and oxygen atoms in total. The number of nitrogens with two attached hydrogens (primary N) is 1. The van der Waals surface area contributed by atoms with Gasteiger partial charge in [-0.1, -0.05) is 0 Å². The van der Waals surface area contributed by atoms with Crippen LogP contribution in [0.2, 0.25) is 0 Å². The summed E-state index contributed by atoms with van der Waals surface area (Å²) < 4.78 is 7.65. The fraction of sp³-hybridized carbons (Fsp3) is 0.529. The van der Waals surface area contributed by atoms with Crippen LogP contribution < -0.4 is 11.3 Å². The molecule has 2 aliphatic rings. The van der Waals surface area contributed by atoms with Crippen LogP contribution in [0.1, 0.15) is 25.5 Å². The van der Waals surface area contributed by atoms with Crippen LogP contribution in [0.25, 0.3) is 16.9 Å². The monoisotopic (exact) mass is 404 g/mol. The Hall–Kier alpha value is -2.82. The van der Waals surface area contributed by atoms with E-state index in [-0.39, 0.29) is 22.8 Å². The van der Waals surface area contributed by atoms with Crippen molar-refractivity contribution in [3.05, 3.63) is 22.8 Å². The second-order valence-electron chi connectivity index (χ2n) is 7.21. The Labute approximate surface area is 163 Å². The number of aliphatic hydroxyl groups excluding tert-OH is 3. The van der Waals surface area contributed by atoms with Crippen LogP contribution in [-0.2, 0) is 4.74 Å². The predicted octanol–water partition coefficient (Wildman–Crippen LogP) is -1.93. The summed E-state index contributed by atoms with van der Waals surface area (Å²) in [4.78, 5) is 21.3. The van der Waals surface area contributed by atoms with Gasteiger partial charge in [-0.05, 0) is 19.3 Å². The molecule has 0 spiro atoms. The lowest BCUT2D eigenvalue weighted by Gasteiger charge is -2.38. The molecule has 4 rings (SSSR count). The molecule has 29 heavy (non-hydrogen) atoms. The molecule has 2 aromatic heterocycles. The Balaban J connectivity index is 1.84. The average molecular weight is 404 g/mol. The number of hydrogen-bond acceptors (Lipinski definition) is 10. The SMILES string of the molecule is N#C/C=C(/n1c(N)nc2c(ncn2[C@@H]2O[C@H](CO)[C@@H](O)[C@H]2O)c1=O)C1(O)CCC1. The summed E-state index contributed by atoms with van der Waals surface area (Å²) in [6, 6.07) is 1.82. The van der Waals surface area contributed by atoms with Crippen molar-refractivity contribution in [3.63, 3.8) is 0 Å². The molecule has 0 radical (unpaired) electrons. The molecule has 1 aliphatic carbocycles. The van der Waals surface area contributed by atoms with Crippen LogP contribution in [-0.4, -0.2) is 70.0 Å². The van der Waals surface area contributed by atoms with Gasteiger partial charge in [-0.25, -0.2) is 9.55 Å². The number of ether oxygens (including phenoxy) is 1. The fourth-order valence-electron chi connectivity index (χ4n) is 3.75. The molecule has 0 bridgehead atoms. The van der Waals surface area contributed by atoms with E-state index in [0.717, 1.165) is 17.1 Å². The topological polar surface area (TPSA) is 193 Å². The molecule has 154 valence electrons. The summed E-state index contributed by atoms with van der Waals surface area (Å²) in [6.45, 7) is -0.509. The molecule has 0 unspecified atom stereocenters. The molecule has 12 heteroatoms. The second-order valence-corrected chi connectivity index (χ2v) is 7.21. The number of nitrogens with zero attached hydrogens (tertiary/aromatic N) is 5. The Morgan fingerprint density at radius 1 is 1.45 bits per heavy atom. The van der Waals surface area contributed by atoms with E-state index in [9.17, 15) is 25.2 Å². The molecule has 6 N–H and O–H groups in total. The van der Waals surface area contributed by atoms with E-state index in [4.69, 9.17) is 15.7 Å². The maximum Gasteiger partial charge on any atom is 0.287 e. The summed E-state index contributed by atoms with van der Waals surface area (Å²) in [6.07, 6.45) is -1.12. The molecular formula is C17H20N6O6. The van der Waals surface area contributed by atoms with E-state index in [1.165, 1.54) is 10.9 Å². The zero-order valence-corrected chi connectivity index (χ0v) is 15.2.